The van der Waals surface area contributed by atoms with Crippen LogP contribution in [0.1, 0.15) is 70.1 Å². The Morgan fingerprint density at radius 1 is 1.12 bits per heavy atom. The lowest BCUT2D eigenvalue weighted by Gasteiger charge is -2.21. The molecule has 0 atom stereocenters. The fourth-order valence-corrected chi connectivity index (χ4v) is 2.90. The summed E-state index contributed by atoms with van der Waals surface area (Å²) >= 11 is 6.32. The normalized spacial score (nSPS) is 11.8. The zero-order valence-corrected chi connectivity index (χ0v) is 16.6. The predicted molar refractivity (Wildman–Crippen MR) is 108 cm³/mol. The van der Waals surface area contributed by atoms with E-state index in [0.29, 0.717) is 30.0 Å². The molecule has 0 bridgehead atoms. The lowest BCUT2D eigenvalue weighted by molar-refractivity contribution is 0.703. The third kappa shape index (κ3) is 5.83. The summed E-state index contributed by atoms with van der Waals surface area (Å²) in [4.78, 5) is 0. The maximum atomic E-state index is 8.23. The van der Waals surface area contributed by atoms with Gasteiger partial charge in [0.25, 0.3) is 0 Å². The minimum absolute atomic E-state index is 0.360. The Morgan fingerprint density at radius 3 is 2.04 bits per heavy atom. The summed E-state index contributed by atoms with van der Waals surface area (Å²) in [7, 11) is 0. The molecule has 24 heavy (non-hydrogen) atoms. The van der Waals surface area contributed by atoms with Crippen molar-refractivity contribution < 1.29 is 0 Å². The molecular formula is C21H31ClN2. The maximum Gasteiger partial charge on any atom is 0.0583 e. The number of allylic oxidation sites excluding steroid dienone is 2. The summed E-state index contributed by atoms with van der Waals surface area (Å²) < 4.78 is 0. The van der Waals surface area contributed by atoms with Gasteiger partial charge in [-0.2, -0.15) is 0 Å². The molecule has 0 saturated carbocycles. The molecule has 2 N–H and O–H groups in total. The minimum atomic E-state index is 0.360. The molecule has 0 aliphatic rings. The first-order valence-corrected chi connectivity index (χ1v) is 9.02. The van der Waals surface area contributed by atoms with E-state index in [1.807, 2.05) is 6.20 Å². The van der Waals surface area contributed by atoms with Gasteiger partial charge in [-0.15, -0.1) is 0 Å². The molecule has 1 aromatic carbocycles. The second-order valence-corrected chi connectivity index (χ2v) is 7.66. The number of nitrogens with one attached hydrogen (secondary N) is 2. The zero-order chi connectivity index (χ0) is 18.4. The van der Waals surface area contributed by atoms with E-state index < -0.39 is 0 Å². The lowest BCUT2D eigenvalue weighted by atomic mass is 9.85. The maximum absolute atomic E-state index is 8.23. The molecule has 132 valence electrons. The highest BCUT2D eigenvalue weighted by atomic mass is 35.5. The SMILES string of the molecule is C=C(Cc1c(C(C)C)cc(Cl)cc1C(C)C)C(=N)/C=C\NC(C)C. The summed E-state index contributed by atoms with van der Waals surface area (Å²) in [6, 6.07) is 4.47. The monoisotopic (exact) mass is 346 g/mol. The van der Waals surface area contributed by atoms with Crippen LogP contribution in [0.15, 0.2) is 36.6 Å². The largest absolute Gasteiger partial charge is 0.389 e. The third-order valence-corrected chi connectivity index (χ3v) is 4.20. The summed E-state index contributed by atoms with van der Waals surface area (Å²) in [5.41, 5.74) is 5.06. The highest BCUT2D eigenvalue weighted by Crippen LogP contribution is 2.32. The van der Waals surface area contributed by atoms with Gasteiger partial charge in [-0.05, 0) is 78.8 Å². The summed E-state index contributed by atoms with van der Waals surface area (Å²) in [5.74, 6) is 0.771. The molecule has 3 heteroatoms. The van der Waals surface area contributed by atoms with Crippen molar-refractivity contribution in [2.24, 2.45) is 0 Å². The van der Waals surface area contributed by atoms with E-state index >= 15 is 0 Å². The molecule has 0 spiro atoms. The first-order valence-electron chi connectivity index (χ1n) is 8.65. The van der Waals surface area contributed by atoms with Crippen LogP contribution >= 0.6 is 11.6 Å². The van der Waals surface area contributed by atoms with Crippen molar-refractivity contribution in [1.82, 2.24) is 5.32 Å². The Kier molecular flexibility index (Phi) is 7.75. The average molecular weight is 347 g/mol. The average Bonchev–Trinajstić information content (AvgIpc) is 2.47. The van der Waals surface area contributed by atoms with Crippen LogP contribution in [0.25, 0.3) is 0 Å². The van der Waals surface area contributed by atoms with E-state index in [4.69, 9.17) is 17.0 Å². The van der Waals surface area contributed by atoms with Crippen molar-refractivity contribution in [3.63, 3.8) is 0 Å². The van der Waals surface area contributed by atoms with Crippen molar-refractivity contribution in [3.8, 4) is 0 Å². The highest BCUT2D eigenvalue weighted by molar-refractivity contribution is 6.30. The van der Waals surface area contributed by atoms with Gasteiger partial charge in [0.05, 0.1) is 5.71 Å². The van der Waals surface area contributed by atoms with E-state index in [2.05, 4.69) is 65.6 Å². The zero-order valence-electron chi connectivity index (χ0n) is 15.8. The number of hydrogen-bond donors (Lipinski definition) is 2. The molecule has 0 saturated heterocycles. The number of benzene rings is 1. The first-order chi connectivity index (χ1) is 11.1. The van der Waals surface area contributed by atoms with Crippen LogP contribution in [0.3, 0.4) is 0 Å². The Hall–Kier alpha value is -1.54. The molecule has 0 radical (unpaired) electrons. The molecule has 2 nitrogen and oxygen atoms in total. The molecular weight excluding hydrogens is 316 g/mol. The van der Waals surface area contributed by atoms with Crippen LogP contribution in [-0.4, -0.2) is 11.8 Å². The number of hydrogen-bond acceptors (Lipinski definition) is 2. The van der Waals surface area contributed by atoms with E-state index in [9.17, 15) is 0 Å². The van der Waals surface area contributed by atoms with E-state index in [-0.39, 0.29) is 0 Å². The van der Waals surface area contributed by atoms with Crippen LogP contribution in [0.5, 0.6) is 0 Å². The molecule has 0 aliphatic carbocycles. The smallest absolute Gasteiger partial charge is 0.0583 e. The van der Waals surface area contributed by atoms with Crippen molar-refractivity contribution in [3.05, 3.63) is 58.3 Å². The molecule has 1 rings (SSSR count). The van der Waals surface area contributed by atoms with Crippen LogP contribution in [-0.2, 0) is 6.42 Å². The Bertz CT molecular complexity index is 596. The summed E-state index contributed by atoms with van der Waals surface area (Å²) in [5, 5.41) is 12.2. The van der Waals surface area contributed by atoms with Crippen molar-refractivity contribution in [1.29, 1.82) is 5.41 Å². The second-order valence-electron chi connectivity index (χ2n) is 7.22. The predicted octanol–water partition coefficient (Wildman–Crippen LogP) is 6.22. The number of rotatable bonds is 8. The van der Waals surface area contributed by atoms with Gasteiger partial charge >= 0.3 is 0 Å². The second kappa shape index (κ2) is 9.08. The van der Waals surface area contributed by atoms with Gasteiger partial charge in [-0.25, -0.2) is 0 Å². The van der Waals surface area contributed by atoms with Gasteiger partial charge in [0.15, 0.2) is 0 Å². The molecule has 1 aromatic rings. The minimum Gasteiger partial charge on any atom is -0.389 e. The molecule has 0 fully saturated rings. The standard InChI is InChI=1S/C21H31ClN2/c1-13(2)18-11-17(22)12-19(14(3)4)20(18)10-16(7)21(23)8-9-24-15(5)6/h8-9,11-15,23-24H,7,10H2,1-6H3/b9-8-,23-21?. The van der Waals surface area contributed by atoms with Crippen LogP contribution in [0, 0.1) is 5.41 Å². The summed E-state index contributed by atoms with van der Waals surface area (Å²) in [6.07, 6.45) is 4.29. The van der Waals surface area contributed by atoms with Gasteiger partial charge in [-0.1, -0.05) is 45.9 Å². The Balaban J connectivity index is 3.10. The van der Waals surface area contributed by atoms with Gasteiger partial charge in [0, 0.05) is 11.1 Å². The van der Waals surface area contributed by atoms with E-state index in [1.54, 1.807) is 6.08 Å². The van der Waals surface area contributed by atoms with Gasteiger partial charge in [0.1, 0.15) is 0 Å². The molecule has 0 unspecified atom stereocenters. The molecule has 0 aromatic heterocycles. The summed E-state index contributed by atoms with van der Waals surface area (Å²) in [6.45, 7) is 17.0. The number of halogens is 1. The molecule has 0 heterocycles. The van der Waals surface area contributed by atoms with Crippen molar-refractivity contribution in [2.45, 2.75) is 65.8 Å². The first kappa shape index (κ1) is 20.5. The van der Waals surface area contributed by atoms with E-state index in [0.717, 1.165) is 10.6 Å². The van der Waals surface area contributed by atoms with E-state index in [1.165, 1.54) is 16.7 Å². The van der Waals surface area contributed by atoms with Crippen LogP contribution in [0.2, 0.25) is 5.02 Å². The topological polar surface area (TPSA) is 35.9 Å². The van der Waals surface area contributed by atoms with Gasteiger partial charge in [0.2, 0.25) is 0 Å². The fraction of sp³-hybridized carbons (Fsp3) is 0.476. The molecule has 0 aliphatic heterocycles. The molecule has 0 amide bonds. The van der Waals surface area contributed by atoms with Crippen molar-refractivity contribution in [2.75, 3.05) is 0 Å². The van der Waals surface area contributed by atoms with Crippen LogP contribution < -0.4 is 5.32 Å². The van der Waals surface area contributed by atoms with Gasteiger partial charge < -0.3 is 10.7 Å². The Labute approximate surface area is 152 Å². The van der Waals surface area contributed by atoms with Gasteiger partial charge in [-0.3, -0.25) is 0 Å². The quantitative estimate of drug-likeness (QED) is 0.539. The Morgan fingerprint density at radius 2 is 1.62 bits per heavy atom. The van der Waals surface area contributed by atoms with Crippen LogP contribution in [0.4, 0.5) is 0 Å². The highest BCUT2D eigenvalue weighted by Gasteiger charge is 2.17. The fourth-order valence-electron chi connectivity index (χ4n) is 2.66. The van der Waals surface area contributed by atoms with Crippen molar-refractivity contribution >= 4 is 17.3 Å². The third-order valence-electron chi connectivity index (χ3n) is 3.98. The lowest BCUT2D eigenvalue weighted by Crippen LogP contribution is -2.16.